The van der Waals surface area contributed by atoms with E-state index in [9.17, 15) is 28.1 Å². The van der Waals surface area contributed by atoms with Crippen LogP contribution in [0.5, 0.6) is 0 Å². The van der Waals surface area contributed by atoms with Gasteiger partial charge in [-0.1, -0.05) is 30.3 Å². The van der Waals surface area contributed by atoms with Gasteiger partial charge in [0.2, 0.25) is 21.8 Å². The molecule has 3 rings (SSSR count). The van der Waals surface area contributed by atoms with Crippen molar-refractivity contribution < 1.29 is 27.5 Å². The molecule has 0 unspecified atom stereocenters. The van der Waals surface area contributed by atoms with E-state index in [1.54, 1.807) is 42.2 Å². The highest BCUT2D eigenvalue weighted by molar-refractivity contribution is 7.98. The Morgan fingerprint density at radius 2 is 1.95 bits per heavy atom. The van der Waals surface area contributed by atoms with Gasteiger partial charge in [-0.05, 0) is 18.6 Å². The number of esters is 1. The Hall–Kier alpha value is -3.63. The van der Waals surface area contributed by atoms with Crippen LogP contribution >= 0.6 is 11.8 Å². The number of benzene rings is 1. The van der Waals surface area contributed by atoms with Gasteiger partial charge in [-0.15, -0.1) is 0 Å². The first-order chi connectivity index (χ1) is 18.1. The summed E-state index contributed by atoms with van der Waals surface area (Å²) >= 11 is 1.45. The molecule has 0 saturated carbocycles. The minimum atomic E-state index is -3.86. The highest BCUT2D eigenvalue weighted by Gasteiger charge is 2.37. The number of aromatic nitrogens is 1. The number of nitrogens with zero attached hydrogens (tertiary/aromatic N) is 3. The lowest BCUT2D eigenvalue weighted by Crippen LogP contribution is -2.55. The maximum atomic E-state index is 12.6. The second kappa shape index (κ2) is 13.3. The lowest BCUT2D eigenvalue weighted by Gasteiger charge is -2.39. The molecule has 1 aromatic carbocycles. The summed E-state index contributed by atoms with van der Waals surface area (Å²) in [5.41, 5.74) is 1.32. The molecule has 1 fully saturated rings. The molecule has 1 saturated heterocycles. The van der Waals surface area contributed by atoms with Crippen LogP contribution in [-0.2, 0) is 35.9 Å². The molecule has 2 heterocycles. The van der Waals surface area contributed by atoms with Gasteiger partial charge in [-0.25, -0.2) is 18.2 Å². The number of amides is 2. The second-order valence-corrected chi connectivity index (χ2v) is 11.4. The summed E-state index contributed by atoms with van der Waals surface area (Å²) in [6, 6.07) is 12.0. The largest absolute Gasteiger partial charge is 0.462 e. The molecule has 0 bridgehead atoms. The zero-order valence-corrected chi connectivity index (χ0v) is 22.7. The summed E-state index contributed by atoms with van der Waals surface area (Å²) in [6.07, 6.45) is 0. The Kier molecular flexibility index (Phi) is 10.1. The number of carbonyl (C=O) groups is 3. The molecule has 38 heavy (non-hydrogen) atoms. The maximum absolute atomic E-state index is 12.6. The Bertz CT molecular complexity index is 1320. The SMILES string of the molecule is CCOC(=O)c1cc(C#N)c(N2CC(C(=O)NS(=O)(=O)Cc3ccccc3)C2)nc1CSCCNC(C)=O. The number of anilines is 1. The maximum Gasteiger partial charge on any atom is 0.340 e. The van der Waals surface area contributed by atoms with Crippen molar-refractivity contribution in [2.24, 2.45) is 5.92 Å². The minimum absolute atomic E-state index is 0.138. The molecule has 202 valence electrons. The highest BCUT2D eigenvalue weighted by Crippen LogP contribution is 2.30. The van der Waals surface area contributed by atoms with Crippen molar-refractivity contribution in [2.45, 2.75) is 25.4 Å². The summed E-state index contributed by atoms with van der Waals surface area (Å²) in [5, 5.41) is 12.4. The molecule has 0 atom stereocenters. The third kappa shape index (κ3) is 7.93. The van der Waals surface area contributed by atoms with Crippen molar-refractivity contribution in [3.05, 3.63) is 58.8 Å². The van der Waals surface area contributed by atoms with Gasteiger partial charge in [0.1, 0.15) is 11.9 Å². The average Bonchev–Trinajstić information content (AvgIpc) is 2.82. The van der Waals surface area contributed by atoms with Gasteiger partial charge in [-0.3, -0.25) is 14.3 Å². The summed E-state index contributed by atoms with van der Waals surface area (Å²) in [6.45, 7) is 4.06. The van der Waals surface area contributed by atoms with Gasteiger partial charge >= 0.3 is 5.97 Å². The third-order valence-corrected chi connectivity index (χ3v) is 7.76. The van der Waals surface area contributed by atoms with Gasteiger partial charge in [0.15, 0.2) is 0 Å². The number of pyridine rings is 1. The molecule has 0 radical (unpaired) electrons. The molecular weight excluding hydrogens is 530 g/mol. The van der Waals surface area contributed by atoms with Gasteiger partial charge in [0, 0.05) is 38.1 Å². The smallest absolute Gasteiger partial charge is 0.340 e. The number of sulfonamides is 1. The Labute approximate surface area is 226 Å². The molecule has 1 aromatic heterocycles. The molecule has 2 N–H and O–H groups in total. The Balaban J connectivity index is 1.69. The van der Waals surface area contributed by atoms with Crippen molar-refractivity contribution >= 4 is 45.4 Å². The van der Waals surface area contributed by atoms with Crippen LogP contribution in [-0.4, -0.2) is 63.2 Å². The summed E-state index contributed by atoms with van der Waals surface area (Å²) in [4.78, 5) is 42.5. The molecule has 1 aliphatic heterocycles. The van der Waals surface area contributed by atoms with E-state index in [0.29, 0.717) is 35.1 Å². The molecule has 1 aliphatic rings. The van der Waals surface area contributed by atoms with Crippen LogP contribution in [0.2, 0.25) is 0 Å². The van der Waals surface area contributed by atoms with Crippen LogP contribution in [0, 0.1) is 17.2 Å². The predicted octanol–water partition coefficient (Wildman–Crippen LogP) is 1.58. The normalized spacial score (nSPS) is 13.2. The molecule has 2 amide bonds. The van der Waals surface area contributed by atoms with Crippen molar-refractivity contribution in [2.75, 3.05) is 36.9 Å². The van der Waals surface area contributed by atoms with Gasteiger partial charge < -0.3 is 15.0 Å². The predicted molar refractivity (Wildman–Crippen MR) is 143 cm³/mol. The topological polar surface area (TPSA) is 159 Å². The first kappa shape index (κ1) is 28.9. The van der Waals surface area contributed by atoms with E-state index in [1.165, 1.54) is 24.8 Å². The first-order valence-electron chi connectivity index (χ1n) is 11.9. The molecular formula is C25H29N5O6S2. The lowest BCUT2D eigenvalue weighted by atomic mass is 9.98. The fraction of sp³-hybridized carbons (Fsp3) is 0.400. The molecule has 0 aliphatic carbocycles. The van der Waals surface area contributed by atoms with E-state index in [-0.39, 0.29) is 42.5 Å². The van der Waals surface area contributed by atoms with E-state index in [2.05, 4.69) is 15.0 Å². The highest BCUT2D eigenvalue weighted by atomic mass is 32.2. The number of hydrogen-bond acceptors (Lipinski definition) is 10. The Morgan fingerprint density at radius 1 is 1.24 bits per heavy atom. The van der Waals surface area contributed by atoms with E-state index in [4.69, 9.17) is 4.74 Å². The zero-order valence-electron chi connectivity index (χ0n) is 21.1. The number of nitrogens with one attached hydrogen (secondary N) is 2. The lowest BCUT2D eigenvalue weighted by molar-refractivity contribution is -0.124. The average molecular weight is 560 g/mol. The number of nitriles is 1. The van der Waals surface area contributed by atoms with Gasteiger partial charge in [0.05, 0.1) is 35.1 Å². The van der Waals surface area contributed by atoms with E-state index < -0.39 is 27.8 Å². The van der Waals surface area contributed by atoms with Crippen LogP contribution in [0.3, 0.4) is 0 Å². The van der Waals surface area contributed by atoms with E-state index >= 15 is 0 Å². The number of hydrogen-bond donors (Lipinski definition) is 2. The minimum Gasteiger partial charge on any atom is -0.462 e. The summed E-state index contributed by atoms with van der Waals surface area (Å²) < 4.78 is 32.1. The van der Waals surface area contributed by atoms with E-state index in [1.807, 2.05) is 6.07 Å². The van der Waals surface area contributed by atoms with E-state index in [0.717, 1.165) is 0 Å². The van der Waals surface area contributed by atoms with Crippen LogP contribution in [0.15, 0.2) is 36.4 Å². The Morgan fingerprint density at radius 3 is 2.58 bits per heavy atom. The fourth-order valence-electron chi connectivity index (χ4n) is 3.71. The standard InChI is InChI=1S/C25H29N5O6S2/c1-3-36-25(33)21-11-19(12-26)23(28-22(21)15-37-10-9-27-17(2)31)30-13-20(14-30)24(32)29-38(34,35)16-18-7-5-4-6-8-18/h4-8,11,20H,3,9-10,13-16H2,1-2H3,(H,27,31)(H,29,32). The van der Waals surface area contributed by atoms with Crippen LogP contribution in [0.1, 0.15) is 41.0 Å². The van der Waals surface area contributed by atoms with Crippen LogP contribution < -0.4 is 14.9 Å². The summed E-state index contributed by atoms with van der Waals surface area (Å²) in [7, 11) is -3.86. The van der Waals surface area contributed by atoms with Gasteiger partial charge in [-0.2, -0.15) is 17.0 Å². The van der Waals surface area contributed by atoms with Crippen molar-refractivity contribution in [1.29, 1.82) is 5.26 Å². The summed E-state index contributed by atoms with van der Waals surface area (Å²) in [5.74, 6) is -1.03. The number of rotatable bonds is 12. The number of ether oxygens (including phenoxy) is 1. The molecule has 0 spiro atoms. The second-order valence-electron chi connectivity index (χ2n) is 8.53. The molecule has 11 nitrogen and oxygen atoms in total. The molecule has 2 aromatic rings. The zero-order chi connectivity index (χ0) is 27.7. The van der Waals surface area contributed by atoms with Crippen LogP contribution in [0.25, 0.3) is 0 Å². The number of thioether (sulfide) groups is 1. The number of carbonyl (C=O) groups excluding carboxylic acids is 3. The third-order valence-electron chi connectivity index (χ3n) is 5.56. The van der Waals surface area contributed by atoms with Crippen molar-refractivity contribution in [3.8, 4) is 6.07 Å². The van der Waals surface area contributed by atoms with Crippen LogP contribution in [0.4, 0.5) is 5.82 Å². The van der Waals surface area contributed by atoms with Gasteiger partial charge in [0.25, 0.3) is 0 Å². The van der Waals surface area contributed by atoms with Crippen molar-refractivity contribution in [3.63, 3.8) is 0 Å². The van der Waals surface area contributed by atoms with Crippen molar-refractivity contribution in [1.82, 2.24) is 15.0 Å². The molecule has 13 heteroatoms. The fourth-order valence-corrected chi connectivity index (χ4v) is 5.69. The quantitative estimate of drug-likeness (QED) is 0.289. The first-order valence-corrected chi connectivity index (χ1v) is 14.7. The monoisotopic (exact) mass is 559 g/mol.